The van der Waals surface area contributed by atoms with Crippen molar-refractivity contribution in [3.8, 4) is 0 Å². The molecule has 0 unspecified atom stereocenters. The lowest BCUT2D eigenvalue weighted by Crippen LogP contribution is -2.34. The SMILES string of the molecule is Cc1ccc(C(=O)N(CCCl)CCCl)cc1C. The third-order valence-electron chi connectivity index (χ3n) is 2.75. The topological polar surface area (TPSA) is 20.3 Å². The van der Waals surface area contributed by atoms with Crippen LogP contribution in [0.5, 0.6) is 0 Å². The number of benzene rings is 1. The molecule has 0 N–H and O–H groups in total. The van der Waals surface area contributed by atoms with E-state index < -0.39 is 0 Å². The van der Waals surface area contributed by atoms with E-state index in [0.29, 0.717) is 30.4 Å². The van der Waals surface area contributed by atoms with Crippen LogP contribution in [0.1, 0.15) is 21.5 Å². The molecule has 0 saturated heterocycles. The Hall–Kier alpha value is -0.730. The summed E-state index contributed by atoms with van der Waals surface area (Å²) in [4.78, 5) is 13.9. The fourth-order valence-corrected chi connectivity index (χ4v) is 1.98. The zero-order valence-electron chi connectivity index (χ0n) is 10.2. The molecular weight excluding hydrogens is 257 g/mol. The Labute approximate surface area is 113 Å². The first kappa shape index (κ1) is 14.3. The van der Waals surface area contributed by atoms with Gasteiger partial charge in [-0.05, 0) is 37.1 Å². The van der Waals surface area contributed by atoms with Gasteiger partial charge in [-0.3, -0.25) is 4.79 Å². The Morgan fingerprint density at radius 2 is 1.71 bits per heavy atom. The van der Waals surface area contributed by atoms with Gasteiger partial charge in [0.25, 0.3) is 5.91 Å². The molecule has 0 aromatic heterocycles. The number of nitrogens with zero attached hydrogens (tertiary/aromatic N) is 1. The van der Waals surface area contributed by atoms with E-state index in [-0.39, 0.29) is 5.91 Å². The smallest absolute Gasteiger partial charge is 0.253 e. The van der Waals surface area contributed by atoms with Gasteiger partial charge in [0.15, 0.2) is 0 Å². The lowest BCUT2D eigenvalue weighted by atomic mass is 10.1. The van der Waals surface area contributed by atoms with E-state index >= 15 is 0 Å². The van der Waals surface area contributed by atoms with E-state index in [2.05, 4.69) is 0 Å². The molecule has 0 fully saturated rings. The van der Waals surface area contributed by atoms with Gasteiger partial charge < -0.3 is 4.90 Å². The highest BCUT2D eigenvalue weighted by Gasteiger charge is 2.14. The maximum absolute atomic E-state index is 12.2. The van der Waals surface area contributed by atoms with Crippen molar-refractivity contribution in [3.05, 3.63) is 34.9 Å². The lowest BCUT2D eigenvalue weighted by molar-refractivity contribution is 0.0775. The van der Waals surface area contributed by atoms with Crippen LogP contribution in [0.25, 0.3) is 0 Å². The summed E-state index contributed by atoms with van der Waals surface area (Å²) in [5.74, 6) is 0.843. The molecule has 4 heteroatoms. The summed E-state index contributed by atoms with van der Waals surface area (Å²) >= 11 is 11.4. The monoisotopic (exact) mass is 273 g/mol. The molecule has 2 nitrogen and oxygen atoms in total. The molecule has 1 aromatic rings. The van der Waals surface area contributed by atoms with E-state index in [1.54, 1.807) is 4.90 Å². The number of amides is 1. The summed E-state index contributed by atoms with van der Waals surface area (Å²) < 4.78 is 0. The number of hydrogen-bond donors (Lipinski definition) is 0. The second kappa shape index (κ2) is 6.87. The fourth-order valence-electron chi connectivity index (χ4n) is 1.58. The standard InChI is InChI=1S/C13H17Cl2NO/c1-10-3-4-12(9-11(10)2)13(17)16(7-5-14)8-6-15/h3-4,9H,5-8H2,1-2H3. The summed E-state index contributed by atoms with van der Waals surface area (Å²) in [6.45, 7) is 5.08. The molecule has 1 rings (SSSR count). The van der Waals surface area contributed by atoms with E-state index in [9.17, 15) is 4.79 Å². The second-order valence-electron chi connectivity index (χ2n) is 3.97. The van der Waals surface area contributed by atoms with Crippen LogP contribution in [0.3, 0.4) is 0 Å². The highest BCUT2D eigenvalue weighted by Crippen LogP contribution is 2.12. The highest BCUT2D eigenvalue weighted by atomic mass is 35.5. The normalized spacial score (nSPS) is 10.4. The van der Waals surface area contributed by atoms with Gasteiger partial charge in [-0.2, -0.15) is 0 Å². The molecule has 94 valence electrons. The van der Waals surface area contributed by atoms with Gasteiger partial charge in [0.1, 0.15) is 0 Å². The number of alkyl halides is 2. The van der Waals surface area contributed by atoms with Crippen molar-refractivity contribution in [2.45, 2.75) is 13.8 Å². The zero-order valence-corrected chi connectivity index (χ0v) is 11.7. The van der Waals surface area contributed by atoms with Gasteiger partial charge in [0.05, 0.1) is 0 Å². The minimum absolute atomic E-state index is 0.00519. The predicted molar refractivity (Wildman–Crippen MR) is 73.3 cm³/mol. The Morgan fingerprint density at radius 3 is 2.18 bits per heavy atom. The van der Waals surface area contributed by atoms with E-state index in [1.165, 1.54) is 5.56 Å². The van der Waals surface area contributed by atoms with Crippen molar-refractivity contribution >= 4 is 29.1 Å². The predicted octanol–water partition coefficient (Wildman–Crippen LogP) is 3.22. The van der Waals surface area contributed by atoms with Crippen LogP contribution < -0.4 is 0 Å². The Balaban J connectivity index is 2.88. The first-order chi connectivity index (χ1) is 8.10. The molecule has 0 atom stereocenters. The second-order valence-corrected chi connectivity index (χ2v) is 4.73. The van der Waals surface area contributed by atoms with Crippen molar-refractivity contribution in [1.29, 1.82) is 0 Å². The molecular formula is C13H17Cl2NO. The molecule has 0 radical (unpaired) electrons. The lowest BCUT2D eigenvalue weighted by Gasteiger charge is -2.20. The molecule has 0 spiro atoms. The Kier molecular flexibility index (Phi) is 5.79. The van der Waals surface area contributed by atoms with Crippen molar-refractivity contribution in [2.24, 2.45) is 0 Å². The van der Waals surface area contributed by atoms with Crippen LogP contribution in [0.4, 0.5) is 0 Å². The maximum atomic E-state index is 12.2. The van der Waals surface area contributed by atoms with E-state index in [4.69, 9.17) is 23.2 Å². The summed E-state index contributed by atoms with van der Waals surface area (Å²) in [5.41, 5.74) is 3.00. The quantitative estimate of drug-likeness (QED) is 0.755. The van der Waals surface area contributed by atoms with Crippen LogP contribution in [-0.2, 0) is 0 Å². The van der Waals surface area contributed by atoms with E-state index in [1.807, 2.05) is 32.0 Å². The van der Waals surface area contributed by atoms with Gasteiger partial charge in [-0.15, -0.1) is 23.2 Å². The van der Waals surface area contributed by atoms with Gasteiger partial charge in [0.2, 0.25) is 0 Å². The zero-order chi connectivity index (χ0) is 12.8. The number of hydrogen-bond acceptors (Lipinski definition) is 1. The van der Waals surface area contributed by atoms with Crippen LogP contribution in [-0.4, -0.2) is 35.7 Å². The fraction of sp³-hybridized carbons (Fsp3) is 0.462. The summed E-state index contributed by atoms with van der Waals surface area (Å²) in [6.07, 6.45) is 0. The molecule has 0 saturated carbocycles. The number of aryl methyl sites for hydroxylation is 2. The molecule has 17 heavy (non-hydrogen) atoms. The molecule has 0 bridgehead atoms. The summed E-state index contributed by atoms with van der Waals surface area (Å²) in [6, 6.07) is 5.72. The molecule has 0 heterocycles. The highest BCUT2D eigenvalue weighted by molar-refractivity contribution is 6.18. The number of carbonyl (C=O) groups is 1. The van der Waals surface area contributed by atoms with Gasteiger partial charge >= 0.3 is 0 Å². The Bertz CT molecular complexity index is 387. The average Bonchev–Trinajstić information content (AvgIpc) is 2.31. The largest absolute Gasteiger partial charge is 0.336 e. The third kappa shape index (κ3) is 3.90. The molecule has 0 aliphatic heterocycles. The van der Waals surface area contributed by atoms with E-state index in [0.717, 1.165) is 5.56 Å². The number of carbonyl (C=O) groups excluding carboxylic acids is 1. The first-order valence-corrected chi connectivity index (χ1v) is 6.65. The van der Waals surface area contributed by atoms with Crippen LogP contribution in [0.2, 0.25) is 0 Å². The van der Waals surface area contributed by atoms with Crippen molar-refractivity contribution in [3.63, 3.8) is 0 Å². The van der Waals surface area contributed by atoms with Crippen LogP contribution in [0.15, 0.2) is 18.2 Å². The molecule has 0 aliphatic rings. The molecule has 1 aromatic carbocycles. The van der Waals surface area contributed by atoms with Crippen molar-refractivity contribution in [1.82, 2.24) is 4.90 Å². The van der Waals surface area contributed by atoms with Crippen molar-refractivity contribution < 1.29 is 4.79 Å². The summed E-state index contributed by atoms with van der Waals surface area (Å²) in [7, 11) is 0. The van der Waals surface area contributed by atoms with Gasteiger partial charge in [0, 0.05) is 30.4 Å². The average molecular weight is 274 g/mol. The van der Waals surface area contributed by atoms with Gasteiger partial charge in [-0.1, -0.05) is 6.07 Å². The maximum Gasteiger partial charge on any atom is 0.253 e. The number of halogens is 2. The third-order valence-corrected chi connectivity index (χ3v) is 3.09. The minimum atomic E-state index is -0.00519. The molecule has 1 amide bonds. The summed E-state index contributed by atoms with van der Waals surface area (Å²) in [5, 5.41) is 0. The van der Waals surface area contributed by atoms with Crippen LogP contribution in [0, 0.1) is 13.8 Å². The van der Waals surface area contributed by atoms with Crippen LogP contribution >= 0.6 is 23.2 Å². The van der Waals surface area contributed by atoms with Gasteiger partial charge in [-0.25, -0.2) is 0 Å². The first-order valence-electron chi connectivity index (χ1n) is 5.58. The molecule has 0 aliphatic carbocycles. The minimum Gasteiger partial charge on any atom is -0.336 e. The Morgan fingerprint density at radius 1 is 1.12 bits per heavy atom. The van der Waals surface area contributed by atoms with Crippen molar-refractivity contribution in [2.75, 3.05) is 24.8 Å². The number of rotatable bonds is 5.